The van der Waals surface area contributed by atoms with Gasteiger partial charge >= 0.3 is 9.28 Å². The molecule has 0 fully saturated rings. The number of rotatable bonds is 4. The monoisotopic (exact) mass is 200 g/mol. The molecule has 0 aromatic carbocycles. The third kappa shape index (κ3) is 2.93. The van der Waals surface area contributed by atoms with Gasteiger partial charge in [-0.1, -0.05) is 18.6 Å². The predicted molar refractivity (Wildman–Crippen MR) is 57.1 cm³/mol. The average Bonchev–Trinajstić information content (AvgIpc) is 2.21. The maximum absolute atomic E-state index is 5.39. The lowest BCUT2D eigenvalue weighted by atomic mass is 9.98. The molecule has 0 aromatic rings. The van der Waals surface area contributed by atoms with E-state index in [0.717, 1.165) is 0 Å². The summed E-state index contributed by atoms with van der Waals surface area (Å²) in [5.41, 5.74) is 2.10. The van der Waals surface area contributed by atoms with Crippen LogP contribution < -0.4 is 0 Å². The molecule has 0 amide bonds. The molecule has 1 aliphatic carbocycles. The molecule has 1 atom stereocenters. The first-order chi connectivity index (χ1) is 6.29. The summed E-state index contributed by atoms with van der Waals surface area (Å²) in [6, 6.07) is 0. The predicted octanol–water partition coefficient (Wildman–Crippen LogP) is 2.39. The smallest absolute Gasteiger partial charge is 0.328 e. The Morgan fingerprint density at radius 3 is 2.46 bits per heavy atom. The van der Waals surface area contributed by atoms with Crippen LogP contribution in [0.1, 0.15) is 32.6 Å². The third-order valence-electron chi connectivity index (χ3n) is 2.78. The minimum Gasteiger partial charge on any atom is -0.400 e. The van der Waals surface area contributed by atoms with Gasteiger partial charge < -0.3 is 8.85 Å². The lowest BCUT2D eigenvalue weighted by Gasteiger charge is -2.23. The summed E-state index contributed by atoms with van der Waals surface area (Å²) in [6.07, 6.45) is 7.56. The van der Waals surface area contributed by atoms with E-state index in [-0.39, 0.29) is 0 Å². The Kier molecular flexibility index (Phi) is 4.70. The molecule has 0 aliphatic heterocycles. The quantitative estimate of drug-likeness (QED) is 0.512. The Balaban J connectivity index is 2.53. The molecule has 0 aromatic heterocycles. The van der Waals surface area contributed by atoms with Crippen molar-refractivity contribution in [2.24, 2.45) is 0 Å². The summed E-state index contributed by atoms with van der Waals surface area (Å²) in [5, 5.41) is 0. The minimum atomic E-state index is -1.43. The van der Waals surface area contributed by atoms with Gasteiger partial charge in [0.05, 0.1) is 0 Å². The van der Waals surface area contributed by atoms with E-state index in [1.54, 1.807) is 19.8 Å². The normalized spacial score (nSPS) is 20.2. The van der Waals surface area contributed by atoms with E-state index in [9.17, 15) is 0 Å². The number of hydrogen-bond donors (Lipinski definition) is 0. The van der Waals surface area contributed by atoms with Gasteiger partial charge in [0.25, 0.3) is 0 Å². The van der Waals surface area contributed by atoms with E-state index in [4.69, 9.17) is 8.85 Å². The van der Waals surface area contributed by atoms with Gasteiger partial charge in [-0.05, 0) is 25.7 Å². The molecule has 1 unspecified atom stereocenters. The van der Waals surface area contributed by atoms with Gasteiger partial charge in [-0.3, -0.25) is 0 Å². The molecule has 0 saturated carbocycles. The fraction of sp³-hybridized carbons (Fsp3) is 0.800. The standard InChI is InChI=1S/C10H20O2Si/c1-9(13(11-2)12-3)10-7-5-4-6-8-10/h7,9,13H,4-6,8H2,1-3H3. The van der Waals surface area contributed by atoms with E-state index >= 15 is 0 Å². The topological polar surface area (TPSA) is 18.5 Å². The van der Waals surface area contributed by atoms with Crippen molar-refractivity contribution in [2.45, 2.75) is 38.1 Å². The zero-order valence-electron chi connectivity index (χ0n) is 8.88. The van der Waals surface area contributed by atoms with Gasteiger partial charge in [-0.15, -0.1) is 0 Å². The highest BCUT2D eigenvalue weighted by atomic mass is 28.3. The van der Waals surface area contributed by atoms with E-state index in [1.165, 1.54) is 25.7 Å². The fourth-order valence-electron chi connectivity index (χ4n) is 1.96. The van der Waals surface area contributed by atoms with E-state index in [0.29, 0.717) is 5.54 Å². The molecule has 1 aliphatic rings. The molecule has 0 radical (unpaired) electrons. The maximum atomic E-state index is 5.39. The van der Waals surface area contributed by atoms with Crippen LogP contribution in [0.4, 0.5) is 0 Å². The first kappa shape index (κ1) is 11.0. The molecule has 3 heteroatoms. The summed E-state index contributed by atoms with van der Waals surface area (Å²) < 4.78 is 10.8. The van der Waals surface area contributed by atoms with Crippen LogP contribution in [0.15, 0.2) is 11.6 Å². The highest BCUT2D eigenvalue weighted by Gasteiger charge is 2.23. The summed E-state index contributed by atoms with van der Waals surface area (Å²) >= 11 is 0. The summed E-state index contributed by atoms with van der Waals surface area (Å²) in [6.45, 7) is 2.24. The van der Waals surface area contributed by atoms with E-state index in [2.05, 4.69) is 13.0 Å². The van der Waals surface area contributed by atoms with Crippen LogP contribution in [-0.2, 0) is 8.85 Å². The van der Waals surface area contributed by atoms with E-state index < -0.39 is 9.28 Å². The molecule has 0 bridgehead atoms. The van der Waals surface area contributed by atoms with Gasteiger partial charge in [-0.25, -0.2) is 0 Å². The summed E-state index contributed by atoms with van der Waals surface area (Å²) in [5.74, 6) is 0. The molecule has 1 rings (SSSR count). The van der Waals surface area contributed by atoms with Crippen LogP contribution in [0, 0.1) is 0 Å². The molecule has 0 saturated heterocycles. The van der Waals surface area contributed by atoms with Crippen molar-refractivity contribution in [1.29, 1.82) is 0 Å². The van der Waals surface area contributed by atoms with Crippen LogP contribution >= 0.6 is 0 Å². The third-order valence-corrected chi connectivity index (χ3v) is 4.96. The highest BCUT2D eigenvalue weighted by molar-refractivity contribution is 6.47. The zero-order valence-corrected chi connectivity index (χ0v) is 10.0. The lowest BCUT2D eigenvalue weighted by Crippen LogP contribution is -2.26. The minimum absolute atomic E-state index is 0.537. The van der Waals surface area contributed by atoms with Crippen molar-refractivity contribution in [2.75, 3.05) is 14.2 Å². The Morgan fingerprint density at radius 2 is 2.00 bits per heavy atom. The summed E-state index contributed by atoms with van der Waals surface area (Å²) in [4.78, 5) is 0. The van der Waals surface area contributed by atoms with Crippen LogP contribution in [0.5, 0.6) is 0 Å². The van der Waals surface area contributed by atoms with Crippen molar-refractivity contribution < 1.29 is 8.85 Å². The van der Waals surface area contributed by atoms with Crippen molar-refractivity contribution in [1.82, 2.24) is 0 Å². The van der Waals surface area contributed by atoms with Gasteiger partial charge in [-0.2, -0.15) is 0 Å². The molecule has 0 N–H and O–H groups in total. The van der Waals surface area contributed by atoms with Crippen molar-refractivity contribution in [3.8, 4) is 0 Å². The van der Waals surface area contributed by atoms with Gasteiger partial charge in [0, 0.05) is 19.8 Å². The van der Waals surface area contributed by atoms with Gasteiger partial charge in [0.15, 0.2) is 0 Å². The summed E-state index contributed by atoms with van der Waals surface area (Å²) in [7, 11) is 2.10. The van der Waals surface area contributed by atoms with Crippen LogP contribution in [0.2, 0.25) is 5.54 Å². The Hall–Kier alpha value is -0.123. The molecular formula is C10H20O2Si. The molecule has 2 nitrogen and oxygen atoms in total. The molecule has 0 heterocycles. The van der Waals surface area contributed by atoms with Crippen LogP contribution in [0.3, 0.4) is 0 Å². The highest BCUT2D eigenvalue weighted by Crippen LogP contribution is 2.30. The molecule has 76 valence electrons. The fourth-order valence-corrected chi connectivity index (χ4v) is 3.62. The second-order valence-electron chi connectivity index (χ2n) is 3.65. The Bertz CT molecular complexity index is 176. The van der Waals surface area contributed by atoms with Gasteiger partial charge in [0.2, 0.25) is 0 Å². The van der Waals surface area contributed by atoms with Crippen LogP contribution in [0.25, 0.3) is 0 Å². The number of allylic oxidation sites excluding steroid dienone is 2. The van der Waals surface area contributed by atoms with Crippen molar-refractivity contribution in [3.63, 3.8) is 0 Å². The van der Waals surface area contributed by atoms with Crippen molar-refractivity contribution in [3.05, 3.63) is 11.6 Å². The maximum Gasteiger partial charge on any atom is 0.328 e. The largest absolute Gasteiger partial charge is 0.400 e. The first-order valence-electron chi connectivity index (χ1n) is 5.04. The Morgan fingerprint density at radius 1 is 1.31 bits per heavy atom. The average molecular weight is 200 g/mol. The second-order valence-corrected chi connectivity index (χ2v) is 6.33. The number of hydrogen-bond acceptors (Lipinski definition) is 2. The Labute approximate surface area is 82.8 Å². The SMILES string of the molecule is CO[SiH](OC)C(C)C1=CCCCC1. The zero-order chi connectivity index (χ0) is 9.68. The molecule has 13 heavy (non-hydrogen) atoms. The van der Waals surface area contributed by atoms with Gasteiger partial charge in [0.1, 0.15) is 0 Å². The van der Waals surface area contributed by atoms with Crippen LogP contribution in [-0.4, -0.2) is 23.5 Å². The van der Waals surface area contributed by atoms with E-state index in [1.807, 2.05) is 0 Å². The lowest BCUT2D eigenvalue weighted by molar-refractivity contribution is 0.270. The molecule has 0 spiro atoms. The molecular weight excluding hydrogens is 180 g/mol. The van der Waals surface area contributed by atoms with Crippen molar-refractivity contribution >= 4 is 9.28 Å². The first-order valence-corrected chi connectivity index (χ1v) is 6.65. The second kappa shape index (κ2) is 5.57.